The van der Waals surface area contributed by atoms with Crippen molar-refractivity contribution >= 4 is 34.5 Å². The second-order valence-electron chi connectivity index (χ2n) is 8.80. The maximum absolute atomic E-state index is 13.6. The van der Waals surface area contributed by atoms with E-state index < -0.39 is 12.0 Å². The lowest BCUT2D eigenvalue weighted by molar-refractivity contribution is -0.139. The summed E-state index contributed by atoms with van der Waals surface area (Å²) in [5.74, 6) is 0.00354. The minimum atomic E-state index is -0.615. The van der Waals surface area contributed by atoms with E-state index in [1.807, 2.05) is 77.0 Å². The number of carbonyl (C=O) groups excluding carboxylic acids is 2. The quantitative estimate of drug-likeness (QED) is 0.379. The Morgan fingerprint density at radius 3 is 2.59 bits per heavy atom. The first-order chi connectivity index (χ1) is 19.1. The minimum absolute atomic E-state index is 0.106. The van der Waals surface area contributed by atoms with Gasteiger partial charge >= 0.3 is 5.97 Å². The zero-order valence-corrected chi connectivity index (χ0v) is 22.5. The maximum atomic E-state index is 13.6. The molecule has 0 bridgehead atoms. The largest absolute Gasteiger partial charge is 0.496 e. The Bertz CT molecular complexity index is 1450. The summed E-state index contributed by atoms with van der Waals surface area (Å²) >= 11 is 1.43. The Balaban J connectivity index is 1.56. The van der Waals surface area contributed by atoms with Gasteiger partial charge in [0.15, 0.2) is 5.17 Å². The van der Waals surface area contributed by atoms with E-state index in [2.05, 4.69) is 10.3 Å². The average molecular weight is 541 g/mol. The van der Waals surface area contributed by atoms with Gasteiger partial charge in [-0.3, -0.25) is 9.78 Å². The Kier molecular flexibility index (Phi) is 8.07. The van der Waals surface area contributed by atoms with Crippen molar-refractivity contribution in [1.82, 2.24) is 15.2 Å². The molecule has 39 heavy (non-hydrogen) atoms. The molecular formula is C30H28N4O4S. The van der Waals surface area contributed by atoms with Crippen molar-refractivity contribution in [3.05, 3.63) is 112 Å². The van der Waals surface area contributed by atoms with Crippen molar-refractivity contribution in [3.63, 3.8) is 0 Å². The van der Waals surface area contributed by atoms with Gasteiger partial charge in [-0.05, 0) is 30.0 Å². The van der Waals surface area contributed by atoms with E-state index in [0.717, 1.165) is 22.4 Å². The molecule has 0 fully saturated rings. The SMILES string of the molecule is CCOC(=O)C1=C(c2ccccc2)N=C2SC=C(CC(=O)NCc3cccnc3)N2C1c1ccccc1OC. The molecule has 1 amide bonds. The molecule has 0 radical (unpaired) electrons. The Hall–Kier alpha value is -4.37. The fraction of sp³-hybridized carbons (Fsp3) is 0.200. The summed E-state index contributed by atoms with van der Waals surface area (Å²) in [6.07, 6.45) is 3.52. The molecular weight excluding hydrogens is 512 g/mol. The number of hydrogen-bond donors (Lipinski definition) is 1. The molecule has 0 saturated heterocycles. The Morgan fingerprint density at radius 2 is 1.85 bits per heavy atom. The highest BCUT2D eigenvalue weighted by atomic mass is 32.2. The molecule has 2 aliphatic heterocycles. The molecule has 1 N–H and O–H groups in total. The minimum Gasteiger partial charge on any atom is -0.496 e. The number of aromatic nitrogens is 1. The van der Waals surface area contributed by atoms with Crippen molar-refractivity contribution in [2.24, 2.45) is 4.99 Å². The number of thioether (sulfide) groups is 1. The number of amidine groups is 1. The van der Waals surface area contributed by atoms with Gasteiger partial charge in [0.05, 0.1) is 37.4 Å². The molecule has 5 rings (SSSR count). The van der Waals surface area contributed by atoms with Gasteiger partial charge < -0.3 is 19.7 Å². The van der Waals surface area contributed by atoms with Crippen LogP contribution in [0.4, 0.5) is 0 Å². The monoisotopic (exact) mass is 540 g/mol. The molecule has 1 unspecified atom stereocenters. The van der Waals surface area contributed by atoms with Gasteiger partial charge in [0, 0.05) is 35.8 Å². The van der Waals surface area contributed by atoms with E-state index in [9.17, 15) is 9.59 Å². The number of nitrogens with zero attached hydrogens (tertiary/aromatic N) is 3. The van der Waals surface area contributed by atoms with Crippen LogP contribution >= 0.6 is 11.8 Å². The number of carbonyl (C=O) groups is 2. The van der Waals surface area contributed by atoms with E-state index in [1.165, 1.54) is 11.8 Å². The molecule has 0 aliphatic carbocycles. The summed E-state index contributed by atoms with van der Waals surface area (Å²) in [5, 5.41) is 5.56. The van der Waals surface area contributed by atoms with Crippen LogP contribution < -0.4 is 10.1 Å². The molecule has 198 valence electrons. The predicted octanol–water partition coefficient (Wildman–Crippen LogP) is 5.07. The van der Waals surface area contributed by atoms with Crippen molar-refractivity contribution in [3.8, 4) is 5.75 Å². The molecule has 1 atom stereocenters. The normalized spacial score (nSPS) is 16.3. The van der Waals surface area contributed by atoms with Crippen LogP contribution in [-0.2, 0) is 20.9 Å². The molecule has 8 nitrogen and oxygen atoms in total. The maximum Gasteiger partial charge on any atom is 0.338 e. The number of hydrogen-bond acceptors (Lipinski definition) is 8. The van der Waals surface area contributed by atoms with Crippen LogP contribution in [-0.4, -0.2) is 40.6 Å². The molecule has 0 spiro atoms. The predicted molar refractivity (Wildman–Crippen MR) is 151 cm³/mol. The number of ether oxygens (including phenoxy) is 2. The number of rotatable bonds is 9. The molecule has 9 heteroatoms. The summed E-state index contributed by atoms with van der Waals surface area (Å²) in [6.45, 7) is 2.36. The first kappa shape index (κ1) is 26.2. The zero-order valence-electron chi connectivity index (χ0n) is 21.7. The lowest BCUT2D eigenvalue weighted by atomic mass is 9.91. The highest BCUT2D eigenvalue weighted by Crippen LogP contribution is 2.48. The van der Waals surface area contributed by atoms with E-state index in [-0.39, 0.29) is 18.9 Å². The second-order valence-corrected chi connectivity index (χ2v) is 9.64. The molecule has 2 aliphatic rings. The number of amides is 1. The van der Waals surface area contributed by atoms with Crippen LogP contribution in [0.1, 0.15) is 36.1 Å². The third-order valence-corrected chi connectivity index (χ3v) is 7.23. The van der Waals surface area contributed by atoms with Crippen LogP contribution in [0, 0.1) is 0 Å². The van der Waals surface area contributed by atoms with Crippen molar-refractivity contribution in [2.45, 2.75) is 25.9 Å². The molecule has 0 saturated carbocycles. The first-order valence-electron chi connectivity index (χ1n) is 12.6. The van der Waals surface area contributed by atoms with Crippen molar-refractivity contribution in [1.29, 1.82) is 0 Å². The van der Waals surface area contributed by atoms with Gasteiger partial charge in [-0.25, -0.2) is 9.79 Å². The summed E-state index contributed by atoms with van der Waals surface area (Å²) < 4.78 is 11.3. The molecule has 3 heterocycles. The van der Waals surface area contributed by atoms with Crippen LogP contribution in [0.5, 0.6) is 5.75 Å². The third-order valence-electron chi connectivity index (χ3n) is 6.34. The van der Waals surface area contributed by atoms with E-state index in [0.29, 0.717) is 28.7 Å². The number of fused-ring (bicyclic) bond motifs is 1. The first-order valence-corrected chi connectivity index (χ1v) is 13.5. The van der Waals surface area contributed by atoms with E-state index >= 15 is 0 Å². The van der Waals surface area contributed by atoms with E-state index in [4.69, 9.17) is 14.5 Å². The summed E-state index contributed by atoms with van der Waals surface area (Å²) in [5.41, 5.74) is 4.14. The van der Waals surface area contributed by atoms with Gasteiger partial charge in [0.2, 0.25) is 5.91 Å². The second kappa shape index (κ2) is 12.0. The average Bonchev–Trinajstić information content (AvgIpc) is 3.38. The summed E-state index contributed by atoms with van der Waals surface area (Å²) in [6, 6.07) is 20.3. The van der Waals surface area contributed by atoms with Crippen LogP contribution in [0.2, 0.25) is 0 Å². The van der Waals surface area contributed by atoms with Gasteiger partial charge in [0.25, 0.3) is 0 Å². The van der Waals surface area contributed by atoms with Gasteiger partial charge in [-0.15, -0.1) is 0 Å². The van der Waals surface area contributed by atoms with Crippen molar-refractivity contribution < 1.29 is 19.1 Å². The van der Waals surface area contributed by atoms with Gasteiger partial charge in [-0.1, -0.05) is 66.4 Å². The summed E-state index contributed by atoms with van der Waals surface area (Å²) in [7, 11) is 1.60. The number of nitrogens with one attached hydrogen (secondary N) is 1. The Morgan fingerprint density at radius 1 is 1.05 bits per heavy atom. The van der Waals surface area contributed by atoms with Gasteiger partial charge in [0.1, 0.15) is 5.75 Å². The summed E-state index contributed by atoms with van der Waals surface area (Å²) in [4.78, 5) is 37.6. The highest BCUT2D eigenvalue weighted by Gasteiger charge is 2.43. The fourth-order valence-electron chi connectivity index (χ4n) is 4.61. The van der Waals surface area contributed by atoms with E-state index in [1.54, 1.807) is 26.4 Å². The number of aliphatic imine (C=N–C) groups is 1. The highest BCUT2D eigenvalue weighted by molar-refractivity contribution is 8.16. The van der Waals surface area contributed by atoms with Crippen LogP contribution in [0.25, 0.3) is 5.70 Å². The Labute approximate surface area is 231 Å². The van der Waals surface area contributed by atoms with Gasteiger partial charge in [-0.2, -0.15) is 0 Å². The number of methoxy groups -OCH3 is 1. The number of pyridine rings is 1. The standard InChI is InChI=1S/C30H28N4O4S/c1-3-38-29(36)26-27(21-11-5-4-6-12-21)33-30-34(28(26)23-13-7-8-14-24(23)37-2)22(19-39-30)16-25(35)32-18-20-10-9-15-31-17-20/h4-15,17,19,28H,3,16,18H2,1-2H3,(H,32,35). The lowest BCUT2D eigenvalue weighted by Gasteiger charge is -2.37. The molecule has 2 aromatic carbocycles. The number of para-hydroxylation sites is 1. The van der Waals surface area contributed by atoms with Crippen molar-refractivity contribution in [2.75, 3.05) is 13.7 Å². The lowest BCUT2D eigenvalue weighted by Crippen LogP contribution is -2.38. The molecule has 1 aromatic heterocycles. The topological polar surface area (TPSA) is 93.1 Å². The third kappa shape index (κ3) is 5.58. The smallest absolute Gasteiger partial charge is 0.338 e. The van der Waals surface area contributed by atoms with Crippen LogP contribution in [0.3, 0.4) is 0 Å². The van der Waals surface area contributed by atoms with Crippen LogP contribution in [0.15, 0.2) is 101 Å². The fourth-order valence-corrected chi connectivity index (χ4v) is 5.52. The zero-order chi connectivity index (χ0) is 27.2. The number of esters is 1. The number of benzene rings is 2. The molecule has 3 aromatic rings.